The number of nitrogens with zero attached hydrogens (tertiary/aromatic N) is 7. The van der Waals surface area contributed by atoms with Crippen molar-refractivity contribution in [1.82, 2.24) is 14.7 Å². The standard InChI is InChI=1S/C34H38FN7O2/c1-4-29(43)42-16-15-41(20-24(42)18-37-2)33-27(17-36)34(44-21-23-11-8-14-40(23)3)39-32-28(33)19-38-31(30(32)35)26-13-7-10-22-9-5-6-12-25(22)26/h4,7,10,13,19,23-24,28,32H,1,5-6,8-9,11-12,14-16,18,20-21H2,3H3/t23-,24-,28?,32?/m0/s1. The molecule has 0 radical (unpaired) electrons. The van der Waals surface area contributed by atoms with Gasteiger partial charge >= 0.3 is 0 Å². The molecule has 1 aliphatic carbocycles. The number of rotatable bonds is 6. The quantitative estimate of drug-likeness (QED) is 0.364. The van der Waals surface area contributed by atoms with Crippen LogP contribution in [0.5, 0.6) is 0 Å². The zero-order valence-electron chi connectivity index (χ0n) is 25.2. The number of carbonyl (C=O) groups excluding carboxylic acids is 1. The summed E-state index contributed by atoms with van der Waals surface area (Å²) >= 11 is 0. The van der Waals surface area contributed by atoms with Gasteiger partial charge in [0.1, 0.15) is 36.0 Å². The maximum absolute atomic E-state index is 16.8. The highest BCUT2D eigenvalue weighted by Gasteiger charge is 2.44. The molecule has 44 heavy (non-hydrogen) atoms. The molecule has 0 aromatic heterocycles. The van der Waals surface area contributed by atoms with Crippen molar-refractivity contribution in [3.63, 3.8) is 0 Å². The van der Waals surface area contributed by atoms with E-state index in [1.54, 1.807) is 11.1 Å². The molecule has 1 amide bonds. The molecule has 5 aliphatic rings. The van der Waals surface area contributed by atoms with Crippen LogP contribution in [0.2, 0.25) is 0 Å². The van der Waals surface area contributed by atoms with Crippen LogP contribution < -0.4 is 0 Å². The van der Waals surface area contributed by atoms with Crippen molar-refractivity contribution in [3.05, 3.63) is 76.1 Å². The summed E-state index contributed by atoms with van der Waals surface area (Å²) in [4.78, 5) is 31.6. The van der Waals surface area contributed by atoms with Gasteiger partial charge in [0.05, 0.1) is 5.92 Å². The monoisotopic (exact) mass is 595 g/mol. The SMILES string of the molecule is [C-]#[N+]C[C@H]1CN(C2=C(C#N)C(OC[C@@H]3CCCN3C)=NC3C(F)=C(c4cccc5c4CCCC5)N=CC23)CCN1C(=O)C=C. The summed E-state index contributed by atoms with van der Waals surface area (Å²) in [6, 6.07) is 7.21. The largest absolute Gasteiger partial charge is 0.475 e. The lowest BCUT2D eigenvalue weighted by molar-refractivity contribution is -0.130. The van der Waals surface area contributed by atoms with Gasteiger partial charge in [0.2, 0.25) is 18.3 Å². The lowest BCUT2D eigenvalue weighted by atomic mass is 9.83. The Balaban J connectivity index is 1.40. The van der Waals surface area contributed by atoms with E-state index >= 15 is 4.39 Å². The third-order valence-corrected chi connectivity index (χ3v) is 9.66. The highest BCUT2D eigenvalue weighted by molar-refractivity contribution is 6.01. The fourth-order valence-electron chi connectivity index (χ4n) is 7.31. The number of benzene rings is 1. The van der Waals surface area contributed by atoms with Crippen LogP contribution in [0.4, 0.5) is 4.39 Å². The Morgan fingerprint density at radius 1 is 1.25 bits per heavy atom. The molecule has 6 rings (SSSR count). The number of hydrogen-bond donors (Lipinski definition) is 0. The number of halogens is 1. The van der Waals surface area contributed by atoms with E-state index in [0.717, 1.165) is 56.2 Å². The zero-order chi connectivity index (χ0) is 30.8. The molecular weight excluding hydrogens is 557 g/mol. The van der Waals surface area contributed by atoms with Crippen molar-refractivity contribution >= 4 is 23.7 Å². The smallest absolute Gasteiger partial charge is 0.246 e. The summed E-state index contributed by atoms with van der Waals surface area (Å²) in [6.45, 7) is 13.6. The van der Waals surface area contributed by atoms with Crippen molar-refractivity contribution in [1.29, 1.82) is 5.26 Å². The van der Waals surface area contributed by atoms with Gasteiger partial charge in [-0.25, -0.2) is 16.0 Å². The molecule has 4 atom stereocenters. The van der Waals surface area contributed by atoms with Crippen LogP contribution in [-0.2, 0) is 22.4 Å². The molecule has 2 fully saturated rings. The predicted octanol–water partition coefficient (Wildman–Crippen LogP) is 4.19. The Morgan fingerprint density at radius 3 is 2.84 bits per heavy atom. The number of carbonyl (C=O) groups is 1. The summed E-state index contributed by atoms with van der Waals surface area (Å²) in [5.41, 5.74) is 4.36. The summed E-state index contributed by atoms with van der Waals surface area (Å²) in [5, 5.41) is 10.5. The molecule has 0 bridgehead atoms. The van der Waals surface area contributed by atoms with E-state index in [0.29, 0.717) is 37.6 Å². The number of aryl methyl sites for hydroxylation is 1. The lowest BCUT2D eigenvalue weighted by Gasteiger charge is -2.44. The number of likely N-dealkylation sites (tertiary alicyclic amines) is 1. The van der Waals surface area contributed by atoms with Crippen LogP contribution in [0, 0.1) is 23.8 Å². The molecule has 228 valence electrons. The van der Waals surface area contributed by atoms with Gasteiger partial charge in [0.15, 0.2) is 5.83 Å². The Morgan fingerprint density at radius 2 is 2.09 bits per heavy atom. The van der Waals surface area contributed by atoms with E-state index in [9.17, 15) is 10.1 Å². The minimum Gasteiger partial charge on any atom is -0.475 e. The molecule has 0 spiro atoms. The van der Waals surface area contributed by atoms with Crippen LogP contribution >= 0.6 is 0 Å². The fraction of sp³-hybridized carbons (Fsp3) is 0.500. The number of nitriles is 1. The highest BCUT2D eigenvalue weighted by atomic mass is 19.1. The van der Waals surface area contributed by atoms with Gasteiger partial charge in [0, 0.05) is 43.2 Å². The van der Waals surface area contributed by atoms with Crippen LogP contribution in [0.1, 0.15) is 42.4 Å². The summed E-state index contributed by atoms with van der Waals surface area (Å²) in [6.07, 6.45) is 9.10. The molecule has 4 aliphatic heterocycles. The molecular formula is C34H38FN7O2. The Bertz CT molecular complexity index is 1550. The molecule has 1 aromatic carbocycles. The maximum Gasteiger partial charge on any atom is 0.246 e. The number of piperazine rings is 1. The van der Waals surface area contributed by atoms with Crippen LogP contribution in [0.3, 0.4) is 0 Å². The number of ether oxygens (including phenoxy) is 1. The third-order valence-electron chi connectivity index (χ3n) is 9.66. The zero-order valence-corrected chi connectivity index (χ0v) is 25.2. The van der Waals surface area contributed by atoms with Crippen molar-refractivity contribution in [2.75, 3.05) is 46.4 Å². The maximum atomic E-state index is 16.8. The number of fused-ring (bicyclic) bond motifs is 2. The fourth-order valence-corrected chi connectivity index (χ4v) is 7.31. The van der Waals surface area contributed by atoms with Crippen LogP contribution in [0.25, 0.3) is 10.5 Å². The van der Waals surface area contributed by atoms with E-state index < -0.39 is 23.8 Å². The number of dihydropyridines is 1. The van der Waals surface area contributed by atoms with E-state index in [1.165, 1.54) is 11.6 Å². The van der Waals surface area contributed by atoms with Crippen LogP contribution in [0.15, 0.2) is 57.9 Å². The number of aliphatic imine (C=N–C) groups is 2. The van der Waals surface area contributed by atoms with Gasteiger partial charge in [-0.2, -0.15) is 5.26 Å². The second kappa shape index (κ2) is 12.8. The van der Waals surface area contributed by atoms with E-state index in [2.05, 4.69) is 35.5 Å². The molecule has 0 saturated carbocycles. The molecule has 2 saturated heterocycles. The van der Waals surface area contributed by atoms with E-state index in [4.69, 9.17) is 21.3 Å². The second-order valence-electron chi connectivity index (χ2n) is 12.2. The highest BCUT2D eigenvalue weighted by Crippen LogP contribution is 2.42. The average molecular weight is 596 g/mol. The van der Waals surface area contributed by atoms with E-state index in [-0.39, 0.29) is 30.0 Å². The third kappa shape index (κ3) is 5.44. The topological polar surface area (TPSA) is 88.9 Å². The predicted molar refractivity (Wildman–Crippen MR) is 167 cm³/mol. The Hall–Kier alpha value is -4.28. The van der Waals surface area contributed by atoms with Gasteiger partial charge in [-0.15, -0.1) is 0 Å². The van der Waals surface area contributed by atoms with Crippen molar-refractivity contribution in [3.8, 4) is 6.07 Å². The first kappa shape index (κ1) is 29.8. The molecule has 10 heteroatoms. The van der Waals surface area contributed by atoms with Crippen molar-refractivity contribution in [2.24, 2.45) is 15.9 Å². The number of hydrogen-bond acceptors (Lipinski definition) is 7. The first-order valence-electron chi connectivity index (χ1n) is 15.6. The molecule has 2 unspecified atom stereocenters. The molecule has 9 nitrogen and oxygen atoms in total. The van der Waals surface area contributed by atoms with Gasteiger partial charge < -0.3 is 24.3 Å². The van der Waals surface area contributed by atoms with Gasteiger partial charge in [-0.05, 0) is 69.3 Å². The summed E-state index contributed by atoms with van der Waals surface area (Å²) in [7, 11) is 2.06. The van der Waals surface area contributed by atoms with Crippen molar-refractivity contribution in [2.45, 2.75) is 56.7 Å². The summed E-state index contributed by atoms with van der Waals surface area (Å²) < 4.78 is 23.0. The first-order chi connectivity index (χ1) is 21.4. The van der Waals surface area contributed by atoms with Crippen molar-refractivity contribution < 1.29 is 13.9 Å². The molecule has 0 N–H and O–H groups in total. The van der Waals surface area contributed by atoms with Gasteiger partial charge in [0.25, 0.3) is 0 Å². The van der Waals surface area contributed by atoms with E-state index in [1.807, 2.05) is 17.0 Å². The average Bonchev–Trinajstić information content (AvgIpc) is 3.47. The minimum absolute atomic E-state index is 0.108. The molecule has 4 heterocycles. The van der Waals surface area contributed by atoms with Gasteiger partial charge in [-0.3, -0.25) is 9.79 Å². The summed E-state index contributed by atoms with van der Waals surface area (Å²) in [5.74, 6) is -1.13. The molecule has 1 aromatic rings. The minimum atomic E-state index is -0.933. The lowest BCUT2D eigenvalue weighted by Crippen LogP contribution is -2.57. The Labute approximate surface area is 258 Å². The Kier molecular flexibility index (Phi) is 8.63. The van der Waals surface area contributed by atoms with Gasteiger partial charge in [-0.1, -0.05) is 24.8 Å². The second-order valence-corrected chi connectivity index (χ2v) is 12.2. The normalized spacial score (nSPS) is 26.9. The van der Waals surface area contributed by atoms with Crippen LogP contribution in [-0.4, -0.2) is 97.2 Å². The first-order valence-corrected chi connectivity index (χ1v) is 15.6. The number of amides is 1. The number of likely N-dealkylation sites (N-methyl/N-ethyl adjacent to an activating group) is 1.